The fourth-order valence-electron chi connectivity index (χ4n) is 5.03. The Bertz CT molecular complexity index is 1290. The van der Waals surface area contributed by atoms with E-state index in [1.165, 1.54) is 22.3 Å². The van der Waals surface area contributed by atoms with Crippen molar-refractivity contribution in [2.24, 2.45) is 4.36 Å². The molecule has 1 unspecified atom stereocenters. The van der Waals surface area contributed by atoms with Gasteiger partial charge < -0.3 is 14.8 Å². The third-order valence-electron chi connectivity index (χ3n) is 8.01. The van der Waals surface area contributed by atoms with Crippen molar-refractivity contribution in [1.82, 2.24) is 4.39 Å². The summed E-state index contributed by atoms with van der Waals surface area (Å²) in [5, 5.41) is 13.5. The summed E-state index contributed by atoms with van der Waals surface area (Å²) in [4.78, 5) is 13.5. The van der Waals surface area contributed by atoms with Gasteiger partial charge in [0.25, 0.3) is 0 Å². The van der Waals surface area contributed by atoms with Crippen molar-refractivity contribution in [2.75, 3.05) is 5.32 Å². The number of urea groups is 1. The van der Waals surface area contributed by atoms with E-state index >= 15 is 0 Å². The SMILES string of the molecule is Cc1oc(S(=O)(=NC(=O)Nc2c3c(cc4c2CCC4)CCC3)N[Si](C)(C)C(C)(C)C)cc1C(C)(C)O. The molecule has 0 aliphatic heterocycles. The van der Waals surface area contributed by atoms with Crippen LogP contribution in [0.4, 0.5) is 10.5 Å². The number of carbonyl (C=O) groups is 1. The maximum atomic E-state index is 14.5. The zero-order valence-electron chi connectivity index (χ0n) is 22.9. The molecule has 2 aromatic rings. The quantitative estimate of drug-likeness (QED) is 0.390. The first-order chi connectivity index (χ1) is 16.5. The second kappa shape index (κ2) is 9.11. The minimum Gasteiger partial charge on any atom is -0.450 e. The molecule has 4 rings (SSSR count). The van der Waals surface area contributed by atoms with E-state index in [1.807, 2.05) is 0 Å². The highest BCUT2D eigenvalue weighted by atomic mass is 32.2. The van der Waals surface area contributed by atoms with Crippen LogP contribution in [0.25, 0.3) is 0 Å². The van der Waals surface area contributed by atoms with Gasteiger partial charge in [-0.3, -0.25) is 0 Å². The molecule has 1 aromatic heterocycles. The molecule has 1 aromatic carbocycles. The molecule has 0 radical (unpaired) electrons. The first-order valence-electron chi connectivity index (χ1n) is 12.9. The minimum absolute atomic E-state index is 0.0700. The largest absolute Gasteiger partial charge is 0.450 e. The number of rotatable bonds is 5. The monoisotopic (exact) mass is 531 g/mol. The van der Waals surface area contributed by atoms with Gasteiger partial charge in [-0.2, -0.15) is 0 Å². The highest BCUT2D eigenvalue weighted by molar-refractivity contribution is 7.93. The number of furan rings is 1. The van der Waals surface area contributed by atoms with Crippen LogP contribution < -0.4 is 9.70 Å². The van der Waals surface area contributed by atoms with E-state index in [0.717, 1.165) is 44.2 Å². The highest BCUT2D eigenvalue weighted by Crippen LogP contribution is 2.39. The van der Waals surface area contributed by atoms with Crippen LogP contribution in [0.5, 0.6) is 0 Å². The number of hydrogen-bond acceptors (Lipinski definition) is 4. The Kier molecular flexibility index (Phi) is 6.86. The van der Waals surface area contributed by atoms with Crippen molar-refractivity contribution in [1.29, 1.82) is 0 Å². The van der Waals surface area contributed by atoms with Gasteiger partial charge in [0.1, 0.15) is 14.0 Å². The van der Waals surface area contributed by atoms with E-state index in [-0.39, 0.29) is 10.1 Å². The Morgan fingerprint density at radius 3 is 2.06 bits per heavy atom. The molecule has 2 aliphatic carbocycles. The number of amides is 2. The number of benzene rings is 1. The molecular formula is C27H41N3O4SSi. The van der Waals surface area contributed by atoms with Crippen molar-refractivity contribution in [3.63, 3.8) is 0 Å². The van der Waals surface area contributed by atoms with Crippen LogP contribution in [0.2, 0.25) is 18.1 Å². The van der Waals surface area contributed by atoms with Crippen LogP contribution >= 0.6 is 0 Å². The number of nitrogens with zero attached hydrogens (tertiary/aromatic N) is 1. The fraction of sp³-hybridized carbons (Fsp3) is 0.593. The molecule has 0 bridgehead atoms. The molecular weight excluding hydrogens is 490 g/mol. The molecule has 1 atom stereocenters. The summed E-state index contributed by atoms with van der Waals surface area (Å²) >= 11 is 0. The Balaban J connectivity index is 1.80. The minimum atomic E-state index is -3.47. The van der Waals surface area contributed by atoms with Crippen LogP contribution in [0.15, 0.2) is 26.0 Å². The van der Waals surface area contributed by atoms with E-state index in [1.54, 1.807) is 26.8 Å². The zero-order valence-corrected chi connectivity index (χ0v) is 24.7. The Labute approximate surface area is 216 Å². The maximum absolute atomic E-state index is 14.5. The van der Waals surface area contributed by atoms with Crippen molar-refractivity contribution < 1.29 is 18.5 Å². The molecule has 3 N–H and O–H groups in total. The van der Waals surface area contributed by atoms with E-state index in [0.29, 0.717) is 11.3 Å². The lowest BCUT2D eigenvalue weighted by Crippen LogP contribution is -2.54. The average Bonchev–Trinajstić information content (AvgIpc) is 3.44. The summed E-state index contributed by atoms with van der Waals surface area (Å²) in [6.45, 7) is 15.5. The first-order valence-corrected chi connectivity index (χ1v) is 17.4. The van der Waals surface area contributed by atoms with Gasteiger partial charge in [-0.05, 0) is 86.6 Å². The summed E-state index contributed by atoms with van der Waals surface area (Å²) in [5.74, 6) is 0.455. The normalized spacial score (nSPS) is 17.5. The van der Waals surface area contributed by atoms with E-state index in [4.69, 9.17) is 4.42 Å². The van der Waals surface area contributed by atoms with Gasteiger partial charge in [-0.15, -0.1) is 4.36 Å². The highest BCUT2D eigenvalue weighted by Gasteiger charge is 2.40. The van der Waals surface area contributed by atoms with Crippen LogP contribution in [0.1, 0.15) is 81.0 Å². The standard InChI is InChI=1S/C27H41N3O4SSi/c1-17-22(27(5,6)32)16-23(34-17)35(33,30-36(7,8)26(2,3)4)29-25(31)28-24-20-13-9-11-18(20)15-19-12-10-14-21(19)24/h15-16,32H,9-14H2,1-8H3,(H2,28,29,30,31,33). The molecule has 36 heavy (non-hydrogen) atoms. The smallest absolute Gasteiger partial charge is 0.354 e. The number of fused-ring (bicyclic) bond motifs is 2. The van der Waals surface area contributed by atoms with E-state index < -0.39 is 29.8 Å². The van der Waals surface area contributed by atoms with Crippen molar-refractivity contribution in [3.8, 4) is 0 Å². The molecule has 0 spiro atoms. The third-order valence-corrected chi connectivity index (χ3v) is 16.1. The lowest BCUT2D eigenvalue weighted by atomic mass is 9.99. The van der Waals surface area contributed by atoms with Crippen LogP contribution in [0, 0.1) is 6.92 Å². The van der Waals surface area contributed by atoms with E-state index in [2.05, 4.69) is 54.0 Å². The predicted octanol–water partition coefficient (Wildman–Crippen LogP) is 6.36. The molecule has 2 aliphatic rings. The van der Waals surface area contributed by atoms with Crippen molar-refractivity contribution in [2.45, 2.75) is 109 Å². The summed E-state index contributed by atoms with van der Waals surface area (Å²) in [6, 6.07) is 3.25. The first kappa shape index (κ1) is 27.1. The van der Waals surface area contributed by atoms with Gasteiger partial charge in [-0.25, -0.2) is 13.4 Å². The van der Waals surface area contributed by atoms with Gasteiger partial charge in [0.2, 0.25) is 5.09 Å². The summed E-state index contributed by atoms with van der Waals surface area (Å²) in [6.07, 6.45) is 6.07. The van der Waals surface area contributed by atoms with Gasteiger partial charge in [0, 0.05) is 17.3 Å². The van der Waals surface area contributed by atoms with Gasteiger partial charge in [-0.1, -0.05) is 39.9 Å². The fourth-order valence-corrected chi connectivity index (χ4v) is 10.5. The van der Waals surface area contributed by atoms with Gasteiger partial charge in [0.05, 0.1) is 5.60 Å². The molecule has 2 amide bonds. The molecule has 0 saturated heterocycles. The second-order valence-electron chi connectivity index (χ2n) is 12.4. The zero-order chi connectivity index (χ0) is 26.7. The number of hydrogen-bond donors (Lipinski definition) is 3. The van der Waals surface area contributed by atoms with Gasteiger partial charge >= 0.3 is 6.03 Å². The number of aliphatic hydroxyl groups is 1. The average molecular weight is 532 g/mol. The third kappa shape index (κ3) is 5.07. The number of carbonyl (C=O) groups excluding carboxylic acids is 1. The molecule has 0 fully saturated rings. The summed E-state index contributed by atoms with van der Waals surface area (Å²) in [5.41, 5.74) is 5.22. The number of nitrogens with one attached hydrogen (secondary N) is 2. The van der Waals surface area contributed by atoms with Crippen molar-refractivity contribution >= 4 is 29.9 Å². The summed E-state index contributed by atoms with van der Waals surface area (Å²) < 4.78 is 28.0. The molecule has 1 heterocycles. The molecule has 0 saturated carbocycles. The lowest BCUT2D eigenvalue weighted by molar-refractivity contribution is 0.0769. The van der Waals surface area contributed by atoms with Gasteiger partial charge in [0.15, 0.2) is 9.92 Å². The maximum Gasteiger partial charge on any atom is 0.354 e. The number of aryl methyl sites for hydroxylation is 3. The second-order valence-corrected chi connectivity index (χ2v) is 19.6. The topological polar surface area (TPSA) is 104 Å². The Hall–Kier alpha value is -1.94. The molecule has 198 valence electrons. The van der Waals surface area contributed by atoms with Crippen molar-refractivity contribution in [3.05, 3.63) is 45.7 Å². The molecule has 7 nitrogen and oxygen atoms in total. The van der Waals surface area contributed by atoms with Crippen LogP contribution in [-0.4, -0.2) is 23.6 Å². The van der Waals surface area contributed by atoms with Crippen LogP contribution in [0.3, 0.4) is 0 Å². The Morgan fingerprint density at radius 1 is 1.03 bits per heavy atom. The summed E-state index contributed by atoms with van der Waals surface area (Å²) in [7, 11) is -5.86. The number of anilines is 1. The Morgan fingerprint density at radius 2 is 1.58 bits per heavy atom. The van der Waals surface area contributed by atoms with E-state index in [9.17, 15) is 14.1 Å². The lowest BCUT2D eigenvalue weighted by Gasteiger charge is -2.37. The van der Waals surface area contributed by atoms with Crippen LogP contribution in [-0.2, 0) is 41.2 Å². The molecule has 9 heteroatoms. The predicted molar refractivity (Wildman–Crippen MR) is 147 cm³/mol.